The Hall–Kier alpha value is -0.283. The van der Waals surface area contributed by atoms with E-state index in [0.29, 0.717) is 6.04 Å². The molecule has 0 spiro atoms. The lowest BCUT2D eigenvalue weighted by molar-refractivity contribution is 0.220. The van der Waals surface area contributed by atoms with Crippen molar-refractivity contribution in [2.45, 2.75) is 78.1 Å². The monoisotopic (exact) mass is 283 g/mol. The summed E-state index contributed by atoms with van der Waals surface area (Å²) in [6.07, 6.45) is 6.08. The average Bonchev–Trinajstić information content (AvgIpc) is 2.29. The summed E-state index contributed by atoms with van der Waals surface area (Å²) in [6.45, 7) is 18.4. The van der Waals surface area contributed by atoms with E-state index in [1.165, 1.54) is 18.6 Å². The topological polar surface area (TPSA) is 12.5 Å². The highest BCUT2D eigenvalue weighted by Crippen LogP contribution is 2.39. The summed E-state index contributed by atoms with van der Waals surface area (Å²) in [7, 11) is -1.66. The molecule has 0 saturated carbocycles. The maximum absolute atomic E-state index is 6.49. The first-order chi connectivity index (χ1) is 8.71. The van der Waals surface area contributed by atoms with E-state index in [2.05, 4.69) is 58.7 Å². The predicted molar refractivity (Wildman–Crippen MR) is 86.9 cm³/mol. The fraction of sp³-hybridized carbons (Fsp3) is 0.875. The first-order valence-corrected chi connectivity index (χ1v) is 10.8. The minimum absolute atomic E-state index is 0.288. The molecular formula is C16H33NOSi. The Morgan fingerprint density at radius 2 is 1.84 bits per heavy atom. The third-order valence-corrected chi connectivity index (χ3v) is 9.16. The molecule has 1 atom stereocenters. The zero-order valence-corrected chi connectivity index (χ0v) is 15.0. The molecule has 0 amide bonds. The molecule has 112 valence electrons. The maximum Gasteiger partial charge on any atom is 0.250 e. The van der Waals surface area contributed by atoms with Crippen molar-refractivity contribution < 1.29 is 4.43 Å². The molecule has 0 aromatic rings. The third-order valence-electron chi connectivity index (χ3n) is 4.78. The Bertz CT molecular complexity index is 313. The van der Waals surface area contributed by atoms with Crippen molar-refractivity contribution in [3.8, 4) is 0 Å². The van der Waals surface area contributed by atoms with Crippen LogP contribution in [0.4, 0.5) is 0 Å². The van der Waals surface area contributed by atoms with Crippen molar-refractivity contribution in [2.24, 2.45) is 0 Å². The van der Waals surface area contributed by atoms with Gasteiger partial charge in [-0.05, 0) is 50.1 Å². The molecule has 0 saturated heterocycles. The zero-order chi connectivity index (χ0) is 14.7. The summed E-state index contributed by atoms with van der Waals surface area (Å²) >= 11 is 0. The summed E-state index contributed by atoms with van der Waals surface area (Å²) in [4.78, 5) is 2.54. The van der Waals surface area contributed by atoms with Crippen molar-refractivity contribution >= 4 is 8.32 Å². The van der Waals surface area contributed by atoms with Crippen LogP contribution in [0.3, 0.4) is 0 Å². The van der Waals surface area contributed by atoms with Gasteiger partial charge in [0.1, 0.15) is 0 Å². The third kappa shape index (κ3) is 4.35. The van der Waals surface area contributed by atoms with E-state index in [4.69, 9.17) is 4.43 Å². The van der Waals surface area contributed by atoms with Crippen LogP contribution < -0.4 is 0 Å². The molecule has 0 bridgehead atoms. The number of hydrogen-bond donors (Lipinski definition) is 0. The quantitative estimate of drug-likeness (QED) is 0.673. The standard InChI is InChI=1S/C16H33NOSi/c1-8-17(9-2)14-11-10-12-15(13-14)18-19(6,7)16(3,4)5/h13-14H,8-12H2,1-7H3. The number of nitrogens with zero attached hydrogens (tertiary/aromatic N) is 1. The van der Waals surface area contributed by atoms with Crippen molar-refractivity contribution in [3.05, 3.63) is 11.8 Å². The van der Waals surface area contributed by atoms with E-state index in [9.17, 15) is 0 Å². The van der Waals surface area contributed by atoms with Gasteiger partial charge in [-0.2, -0.15) is 0 Å². The van der Waals surface area contributed by atoms with Gasteiger partial charge in [0.25, 0.3) is 0 Å². The number of allylic oxidation sites excluding steroid dienone is 1. The fourth-order valence-corrected chi connectivity index (χ4v) is 3.54. The second-order valence-electron chi connectivity index (χ2n) is 7.18. The van der Waals surface area contributed by atoms with Gasteiger partial charge in [-0.25, -0.2) is 0 Å². The lowest BCUT2D eigenvalue weighted by Gasteiger charge is -2.39. The van der Waals surface area contributed by atoms with Gasteiger partial charge in [0, 0.05) is 12.5 Å². The summed E-state index contributed by atoms with van der Waals surface area (Å²) in [6, 6.07) is 0.587. The minimum Gasteiger partial charge on any atom is -0.547 e. The van der Waals surface area contributed by atoms with E-state index in [1.807, 2.05) is 0 Å². The van der Waals surface area contributed by atoms with Gasteiger partial charge in [-0.1, -0.05) is 34.6 Å². The van der Waals surface area contributed by atoms with Crippen LogP contribution in [0.1, 0.15) is 53.9 Å². The fourth-order valence-electron chi connectivity index (χ4n) is 2.41. The molecule has 1 aliphatic carbocycles. The van der Waals surface area contributed by atoms with Crippen LogP contribution in [-0.2, 0) is 4.43 Å². The second-order valence-corrected chi connectivity index (χ2v) is 11.9. The Balaban J connectivity index is 2.78. The van der Waals surface area contributed by atoms with Gasteiger partial charge in [0.15, 0.2) is 0 Å². The van der Waals surface area contributed by atoms with Crippen molar-refractivity contribution in [3.63, 3.8) is 0 Å². The molecule has 19 heavy (non-hydrogen) atoms. The first-order valence-electron chi connectivity index (χ1n) is 7.85. The molecule has 1 unspecified atom stereocenters. The normalized spacial score (nSPS) is 21.5. The Kier molecular flexibility index (Phi) is 5.69. The Labute approximate surface area is 121 Å². The van der Waals surface area contributed by atoms with Gasteiger partial charge in [-0.15, -0.1) is 0 Å². The van der Waals surface area contributed by atoms with Crippen molar-refractivity contribution in [2.75, 3.05) is 13.1 Å². The molecule has 3 heteroatoms. The molecule has 0 fully saturated rings. The highest BCUT2D eigenvalue weighted by atomic mass is 28.4. The molecule has 1 aliphatic rings. The van der Waals surface area contributed by atoms with Crippen LogP contribution in [0.25, 0.3) is 0 Å². The lowest BCUT2D eigenvalue weighted by atomic mass is 10.00. The molecule has 0 heterocycles. The van der Waals surface area contributed by atoms with Crippen LogP contribution in [0.5, 0.6) is 0 Å². The van der Waals surface area contributed by atoms with E-state index < -0.39 is 8.32 Å². The first kappa shape index (κ1) is 16.8. The molecule has 2 nitrogen and oxygen atoms in total. The van der Waals surface area contributed by atoms with Gasteiger partial charge in [0.05, 0.1) is 5.76 Å². The number of likely N-dealkylation sites (N-methyl/N-ethyl adjacent to an activating group) is 1. The van der Waals surface area contributed by atoms with Crippen LogP contribution in [0.2, 0.25) is 18.1 Å². The van der Waals surface area contributed by atoms with E-state index in [-0.39, 0.29) is 5.04 Å². The molecule has 0 aromatic carbocycles. The summed E-state index contributed by atoms with van der Waals surface area (Å²) in [5.74, 6) is 1.26. The Morgan fingerprint density at radius 3 is 2.32 bits per heavy atom. The van der Waals surface area contributed by atoms with Crippen LogP contribution in [-0.4, -0.2) is 32.3 Å². The van der Waals surface area contributed by atoms with Crippen molar-refractivity contribution in [1.82, 2.24) is 4.90 Å². The summed E-state index contributed by atoms with van der Waals surface area (Å²) in [5.41, 5.74) is 0. The van der Waals surface area contributed by atoms with Gasteiger partial charge >= 0.3 is 0 Å². The maximum atomic E-state index is 6.49. The molecule has 1 rings (SSSR count). The summed E-state index contributed by atoms with van der Waals surface area (Å²) in [5, 5.41) is 0.288. The van der Waals surface area contributed by atoms with Crippen LogP contribution in [0.15, 0.2) is 11.8 Å². The van der Waals surface area contributed by atoms with E-state index in [1.54, 1.807) is 0 Å². The van der Waals surface area contributed by atoms with Gasteiger partial charge < -0.3 is 4.43 Å². The minimum atomic E-state index is -1.66. The number of rotatable bonds is 5. The molecule has 0 aliphatic heterocycles. The summed E-state index contributed by atoms with van der Waals surface area (Å²) < 4.78 is 6.49. The van der Waals surface area contributed by atoms with E-state index in [0.717, 1.165) is 19.5 Å². The zero-order valence-electron chi connectivity index (χ0n) is 14.0. The number of hydrogen-bond acceptors (Lipinski definition) is 2. The van der Waals surface area contributed by atoms with Crippen LogP contribution >= 0.6 is 0 Å². The highest BCUT2D eigenvalue weighted by Gasteiger charge is 2.39. The average molecular weight is 284 g/mol. The highest BCUT2D eigenvalue weighted by molar-refractivity contribution is 6.74. The molecule has 0 radical (unpaired) electrons. The predicted octanol–water partition coefficient (Wildman–Crippen LogP) is 4.79. The molecule has 0 aromatic heterocycles. The van der Waals surface area contributed by atoms with E-state index >= 15 is 0 Å². The second kappa shape index (κ2) is 6.44. The van der Waals surface area contributed by atoms with Crippen LogP contribution in [0, 0.1) is 0 Å². The van der Waals surface area contributed by atoms with Crippen molar-refractivity contribution in [1.29, 1.82) is 0 Å². The smallest absolute Gasteiger partial charge is 0.250 e. The Morgan fingerprint density at radius 1 is 1.26 bits per heavy atom. The van der Waals surface area contributed by atoms with Gasteiger partial charge in [-0.3, -0.25) is 4.90 Å². The van der Waals surface area contributed by atoms with Gasteiger partial charge in [0.2, 0.25) is 8.32 Å². The SMILES string of the molecule is CCN(CC)C1C=C(O[Si](C)(C)C(C)(C)C)CCC1. The molecule has 0 N–H and O–H groups in total. The molecular weight excluding hydrogens is 250 g/mol. The largest absolute Gasteiger partial charge is 0.547 e. The lowest BCUT2D eigenvalue weighted by Crippen LogP contribution is -2.42.